The summed E-state index contributed by atoms with van der Waals surface area (Å²) >= 11 is 0. The average molecular weight is 404 g/mol. The number of rotatable bonds is 12. The van der Waals surface area contributed by atoms with E-state index in [9.17, 15) is 20.2 Å². The Balaban J connectivity index is 2.35. The van der Waals surface area contributed by atoms with Gasteiger partial charge in [0.05, 0.1) is 35.2 Å². The Kier molecular flexibility index (Phi) is 8.20. The van der Waals surface area contributed by atoms with Crippen LogP contribution in [0, 0.1) is 20.2 Å². The number of hydrogen-bond acceptors (Lipinski definition) is 7. The first-order valence-corrected chi connectivity index (χ1v) is 9.46. The van der Waals surface area contributed by atoms with Crippen LogP contribution in [0.5, 0.6) is 23.0 Å². The molecule has 0 unspecified atom stereocenters. The Morgan fingerprint density at radius 2 is 1.14 bits per heavy atom. The Labute approximate surface area is 168 Å². The Morgan fingerprint density at radius 3 is 1.48 bits per heavy atom. The van der Waals surface area contributed by atoms with Crippen molar-refractivity contribution < 1.29 is 24.1 Å². The lowest BCUT2D eigenvalue weighted by molar-refractivity contribution is -0.385. The van der Waals surface area contributed by atoms with Gasteiger partial charge in [0.1, 0.15) is 0 Å². The molecule has 0 aliphatic heterocycles. The van der Waals surface area contributed by atoms with E-state index in [1.54, 1.807) is 0 Å². The largest absolute Gasteiger partial charge is 0.489 e. The lowest BCUT2D eigenvalue weighted by Crippen LogP contribution is -2.02. The van der Waals surface area contributed by atoms with Gasteiger partial charge in [-0.1, -0.05) is 26.7 Å². The van der Waals surface area contributed by atoms with Crippen molar-refractivity contribution in [2.24, 2.45) is 0 Å². The maximum Gasteiger partial charge on any atom is 0.273 e. The topological polar surface area (TPSA) is 114 Å². The zero-order valence-electron chi connectivity index (χ0n) is 16.5. The third kappa shape index (κ3) is 6.34. The van der Waals surface area contributed by atoms with E-state index in [1.807, 2.05) is 13.8 Å². The second-order valence-corrected chi connectivity index (χ2v) is 6.28. The van der Waals surface area contributed by atoms with Gasteiger partial charge in [0.15, 0.2) is 23.0 Å². The molecule has 156 valence electrons. The smallest absolute Gasteiger partial charge is 0.273 e. The van der Waals surface area contributed by atoms with Crippen molar-refractivity contribution in [3.8, 4) is 23.0 Å². The molecule has 29 heavy (non-hydrogen) atoms. The molecule has 2 aromatic rings. The van der Waals surface area contributed by atoms with E-state index in [0.717, 1.165) is 25.7 Å². The number of non-ortho nitro benzene ring substituents is 2. The number of nitrogens with zero attached hydrogens (tertiary/aromatic N) is 2. The van der Waals surface area contributed by atoms with E-state index in [4.69, 9.17) is 14.2 Å². The molecule has 2 aromatic carbocycles. The summed E-state index contributed by atoms with van der Waals surface area (Å²) in [7, 11) is 0. The first kappa shape index (κ1) is 21.9. The summed E-state index contributed by atoms with van der Waals surface area (Å²) in [5, 5.41) is 22.2. The predicted octanol–water partition coefficient (Wildman–Crippen LogP) is 5.65. The van der Waals surface area contributed by atoms with Crippen LogP contribution in [0.1, 0.15) is 39.5 Å². The van der Waals surface area contributed by atoms with Crippen LogP contribution in [-0.4, -0.2) is 23.1 Å². The fraction of sp³-hybridized carbons (Fsp3) is 0.400. The zero-order valence-corrected chi connectivity index (χ0v) is 16.5. The maximum absolute atomic E-state index is 11.1. The van der Waals surface area contributed by atoms with Crippen molar-refractivity contribution >= 4 is 11.4 Å². The molecule has 9 heteroatoms. The highest BCUT2D eigenvalue weighted by Crippen LogP contribution is 2.40. The summed E-state index contributed by atoms with van der Waals surface area (Å²) in [5.41, 5.74) is -0.237. The third-order valence-electron chi connectivity index (χ3n) is 4.01. The Bertz CT molecular complexity index is 785. The highest BCUT2D eigenvalue weighted by atomic mass is 16.6. The molecule has 0 aliphatic rings. The van der Waals surface area contributed by atoms with Crippen LogP contribution in [0.2, 0.25) is 0 Å². The van der Waals surface area contributed by atoms with E-state index >= 15 is 0 Å². The zero-order chi connectivity index (χ0) is 21.2. The number of ether oxygens (including phenoxy) is 3. The molecule has 9 nitrogen and oxygen atoms in total. The van der Waals surface area contributed by atoms with E-state index in [1.165, 1.54) is 36.4 Å². The van der Waals surface area contributed by atoms with Crippen LogP contribution in [0.25, 0.3) is 0 Å². The minimum Gasteiger partial charge on any atom is -0.489 e. The Morgan fingerprint density at radius 1 is 0.724 bits per heavy atom. The van der Waals surface area contributed by atoms with Crippen LogP contribution in [0.3, 0.4) is 0 Å². The number of unbranched alkanes of at least 4 members (excludes halogenated alkanes) is 2. The molecular formula is C20H24N2O7. The van der Waals surface area contributed by atoms with Gasteiger partial charge in [-0.05, 0) is 25.0 Å². The minimum atomic E-state index is -0.512. The molecular weight excluding hydrogens is 380 g/mol. The molecule has 0 aliphatic carbocycles. The molecule has 0 bridgehead atoms. The molecule has 0 saturated heterocycles. The van der Waals surface area contributed by atoms with Crippen molar-refractivity contribution in [1.29, 1.82) is 0 Å². The van der Waals surface area contributed by atoms with Gasteiger partial charge in [-0.3, -0.25) is 20.2 Å². The van der Waals surface area contributed by atoms with Crippen LogP contribution in [-0.2, 0) is 0 Å². The van der Waals surface area contributed by atoms with Gasteiger partial charge in [0, 0.05) is 12.1 Å². The molecule has 2 rings (SSSR count). The van der Waals surface area contributed by atoms with Crippen LogP contribution >= 0.6 is 0 Å². The molecule has 0 heterocycles. The number of hydrogen-bond donors (Lipinski definition) is 0. The van der Waals surface area contributed by atoms with Crippen LogP contribution in [0.15, 0.2) is 36.4 Å². The van der Waals surface area contributed by atoms with Crippen LogP contribution < -0.4 is 14.2 Å². The van der Waals surface area contributed by atoms with Crippen molar-refractivity contribution in [3.63, 3.8) is 0 Å². The summed E-state index contributed by atoms with van der Waals surface area (Å²) in [6, 6.07) is 8.10. The summed E-state index contributed by atoms with van der Waals surface area (Å²) in [6.45, 7) is 4.78. The molecule has 0 saturated carbocycles. The first-order valence-electron chi connectivity index (χ1n) is 9.46. The standard InChI is InChI=1S/C20H24N2O7/c1-3-5-11-27-19-13-15(21(23)24)7-9-17(19)29-18-10-8-16(22(25)26)14-20(18)28-12-6-4-2/h7-10,13-14H,3-6,11-12H2,1-2H3. The average Bonchev–Trinajstić information content (AvgIpc) is 2.70. The predicted molar refractivity (Wildman–Crippen MR) is 107 cm³/mol. The van der Waals surface area contributed by atoms with Gasteiger partial charge in [-0.25, -0.2) is 0 Å². The normalized spacial score (nSPS) is 10.4. The highest BCUT2D eigenvalue weighted by molar-refractivity contribution is 5.54. The van der Waals surface area contributed by atoms with Gasteiger partial charge in [-0.15, -0.1) is 0 Å². The van der Waals surface area contributed by atoms with Crippen molar-refractivity contribution in [1.82, 2.24) is 0 Å². The van der Waals surface area contributed by atoms with Crippen molar-refractivity contribution in [3.05, 3.63) is 56.6 Å². The summed E-state index contributed by atoms with van der Waals surface area (Å²) < 4.78 is 17.2. The van der Waals surface area contributed by atoms with E-state index in [-0.39, 0.29) is 34.4 Å². The molecule has 0 radical (unpaired) electrons. The lowest BCUT2D eigenvalue weighted by Gasteiger charge is -2.15. The maximum atomic E-state index is 11.1. The molecule has 0 N–H and O–H groups in total. The summed E-state index contributed by atoms with van der Waals surface area (Å²) in [5.74, 6) is 0.984. The fourth-order valence-corrected chi connectivity index (χ4v) is 2.39. The molecule has 0 spiro atoms. The lowest BCUT2D eigenvalue weighted by atomic mass is 10.2. The molecule has 0 amide bonds. The Hall–Kier alpha value is -3.36. The third-order valence-corrected chi connectivity index (χ3v) is 4.01. The second kappa shape index (κ2) is 10.8. The van der Waals surface area contributed by atoms with Gasteiger partial charge in [0.25, 0.3) is 11.4 Å². The quantitative estimate of drug-likeness (QED) is 0.255. The summed E-state index contributed by atoms with van der Waals surface area (Å²) in [6.07, 6.45) is 3.38. The van der Waals surface area contributed by atoms with Crippen molar-refractivity contribution in [2.75, 3.05) is 13.2 Å². The minimum absolute atomic E-state index is 0.119. The first-order chi connectivity index (χ1) is 14.0. The molecule has 0 fully saturated rings. The van der Waals surface area contributed by atoms with Gasteiger partial charge in [-0.2, -0.15) is 0 Å². The van der Waals surface area contributed by atoms with E-state index in [2.05, 4.69) is 0 Å². The monoisotopic (exact) mass is 404 g/mol. The van der Waals surface area contributed by atoms with E-state index < -0.39 is 9.85 Å². The fourth-order valence-electron chi connectivity index (χ4n) is 2.39. The highest BCUT2D eigenvalue weighted by Gasteiger charge is 2.18. The number of benzene rings is 2. The van der Waals surface area contributed by atoms with Gasteiger partial charge >= 0.3 is 0 Å². The van der Waals surface area contributed by atoms with Gasteiger partial charge < -0.3 is 14.2 Å². The summed E-state index contributed by atoms with van der Waals surface area (Å²) in [4.78, 5) is 21.1. The molecule has 0 atom stereocenters. The SMILES string of the molecule is CCCCOc1cc([N+](=O)[O-])ccc1Oc1ccc([N+](=O)[O-])cc1OCCCC. The van der Waals surface area contributed by atoms with E-state index in [0.29, 0.717) is 13.2 Å². The van der Waals surface area contributed by atoms with Crippen molar-refractivity contribution in [2.45, 2.75) is 39.5 Å². The van der Waals surface area contributed by atoms with Crippen LogP contribution in [0.4, 0.5) is 11.4 Å². The molecule has 0 aromatic heterocycles. The number of nitro groups is 2. The van der Waals surface area contributed by atoms with Gasteiger partial charge in [0.2, 0.25) is 0 Å². The second-order valence-electron chi connectivity index (χ2n) is 6.28. The number of nitro benzene ring substituents is 2.